The molecule has 0 bridgehead atoms. The molecular formula is C15H15N3O3. The highest BCUT2D eigenvalue weighted by Gasteiger charge is 2.08. The Hall–Kier alpha value is -2.77. The highest BCUT2D eigenvalue weighted by atomic mass is 16.5. The topological polar surface area (TPSA) is 92.1 Å². The van der Waals surface area contributed by atoms with E-state index in [0.717, 1.165) is 5.56 Å². The number of methoxy groups -OCH3 is 1. The molecule has 0 spiro atoms. The van der Waals surface area contributed by atoms with E-state index in [1.807, 2.05) is 0 Å². The first-order valence-corrected chi connectivity index (χ1v) is 6.37. The van der Waals surface area contributed by atoms with Crippen molar-refractivity contribution >= 4 is 11.8 Å². The minimum Gasteiger partial charge on any atom is -0.469 e. The number of benzene rings is 1. The first-order chi connectivity index (χ1) is 10.2. The van der Waals surface area contributed by atoms with Crippen molar-refractivity contribution in [3.05, 3.63) is 45.8 Å². The number of hydrogen-bond acceptors (Lipinski definition) is 4. The molecule has 21 heavy (non-hydrogen) atoms. The summed E-state index contributed by atoms with van der Waals surface area (Å²) in [6.45, 7) is 0.341. The lowest BCUT2D eigenvalue weighted by Crippen LogP contribution is -2.05. The van der Waals surface area contributed by atoms with Gasteiger partial charge in [-0.3, -0.25) is 9.59 Å². The van der Waals surface area contributed by atoms with Crippen LogP contribution in [0.4, 0.5) is 0 Å². The molecule has 0 aliphatic heterocycles. The monoisotopic (exact) mass is 285 g/mol. The molecule has 6 nitrogen and oxygen atoms in total. The van der Waals surface area contributed by atoms with Crippen LogP contribution >= 0.6 is 0 Å². The molecule has 0 radical (unpaired) electrons. The third-order valence-electron chi connectivity index (χ3n) is 2.62. The van der Waals surface area contributed by atoms with Gasteiger partial charge in [0.2, 0.25) is 0 Å². The zero-order valence-corrected chi connectivity index (χ0v) is 11.7. The molecule has 0 aromatic heterocycles. The second-order valence-electron chi connectivity index (χ2n) is 4.08. The van der Waals surface area contributed by atoms with Crippen LogP contribution in [0.1, 0.15) is 35.2 Å². The molecule has 0 aliphatic rings. The maximum atomic E-state index is 11.8. The van der Waals surface area contributed by atoms with Crippen molar-refractivity contribution in [2.45, 2.75) is 19.3 Å². The summed E-state index contributed by atoms with van der Waals surface area (Å²) in [5, 5.41) is 3.38. The maximum absolute atomic E-state index is 11.8. The number of azide groups is 1. The lowest BCUT2D eigenvalue weighted by atomic mass is 10.0. The van der Waals surface area contributed by atoms with Crippen LogP contribution in [0.2, 0.25) is 0 Å². The Morgan fingerprint density at radius 1 is 1.29 bits per heavy atom. The van der Waals surface area contributed by atoms with Crippen LogP contribution in [-0.2, 0) is 9.53 Å². The fourth-order valence-corrected chi connectivity index (χ4v) is 1.52. The summed E-state index contributed by atoms with van der Waals surface area (Å²) in [4.78, 5) is 25.4. The summed E-state index contributed by atoms with van der Waals surface area (Å²) in [5.41, 5.74) is 9.43. The van der Waals surface area contributed by atoms with E-state index in [4.69, 9.17) is 5.53 Å². The molecule has 1 aromatic carbocycles. The molecule has 0 aliphatic carbocycles. The first-order valence-electron chi connectivity index (χ1n) is 6.37. The van der Waals surface area contributed by atoms with E-state index in [-0.39, 0.29) is 18.6 Å². The summed E-state index contributed by atoms with van der Waals surface area (Å²) in [5.74, 6) is 5.28. The number of Topliss-reactive ketones (excluding diaryl/α,β-unsaturated/α-hetero) is 1. The van der Waals surface area contributed by atoms with Crippen molar-refractivity contribution in [3.8, 4) is 11.8 Å². The molecule has 0 saturated heterocycles. The number of ether oxygens (including phenoxy) is 1. The van der Waals surface area contributed by atoms with Crippen LogP contribution in [-0.4, -0.2) is 25.4 Å². The smallest absolute Gasteiger partial charge is 0.305 e. The van der Waals surface area contributed by atoms with Gasteiger partial charge in [-0.1, -0.05) is 29.1 Å². The van der Waals surface area contributed by atoms with Gasteiger partial charge in [0, 0.05) is 35.4 Å². The molecule has 1 rings (SSSR count). The Bertz CT molecular complexity index is 605. The predicted molar refractivity (Wildman–Crippen MR) is 77.5 cm³/mol. The lowest BCUT2D eigenvalue weighted by Gasteiger charge is -2.00. The zero-order valence-electron chi connectivity index (χ0n) is 11.7. The summed E-state index contributed by atoms with van der Waals surface area (Å²) >= 11 is 0. The molecular weight excluding hydrogens is 270 g/mol. The number of nitrogens with zero attached hydrogens (tertiary/aromatic N) is 3. The van der Waals surface area contributed by atoms with Crippen molar-refractivity contribution in [1.29, 1.82) is 0 Å². The molecule has 0 saturated carbocycles. The summed E-state index contributed by atoms with van der Waals surface area (Å²) in [6, 6.07) is 6.84. The Labute approximate surface area is 122 Å². The third kappa shape index (κ3) is 6.28. The van der Waals surface area contributed by atoms with Gasteiger partial charge in [-0.15, -0.1) is 0 Å². The molecule has 6 heteroatoms. The van der Waals surface area contributed by atoms with Gasteiger partial charge in [0.05, 0.1) is 13.5 Å². The van der Waals surface area contributed by atoms with Gasteiger partial charge in [0.25, 0.3) is 0 Å². The molecule has 1 aromatic rings. The average Bonchev–Trinajstić information content (AvgIpc) is 2.52. The SMILES string of the molecule is COC(=O)CCC(=O)c1ccc(C#CCCN=[N+]=[N-])cc1. The van der Waals surface area contributed by atoms with Gasteiger partial charge in [-0.25, -0.2) is 0 Å². The van der Waals surface area contributed by atoms with Crippen LogP contribution in [0.15, 0.2) is 29.4 Å². The molecule has 0 N–H and O–H groups in total. The van der Waals surface area contributed by atoms with E-state index in [1.165, 1.54) is 7.11 Å². The van der Waals surface area contributed by atoms with E-state index in [9.17, 15) is 9.59 Å². The highest BCUT2D eigenvalue weighted by molar-refractivity contribution is 5.97. The fourth-order valence-electron chi connectivity index (χ4n) is 1.52. The van der Waals surface area contributed by atoms with Crippen molar-refractivity contribution in [2.75, 3.05) is 13.7 Å². The molecule has 0 amide bonds. The minimum atomic E-state index is -0.397. The summed E-state index contributed by atoms with van der Waals surface area (Å²) in [6.07, 6.45) is 0.698. The molecule has 0 heterocycles. The predicted octanol–water partition coefficient (Wildman–Crippen LogP) is 2.87. The highest BCUT2D eigenvalue weighted by Crippen LogP contribution is 2.08. The van der Waals surface area contributed by atoms with E-state index in [0.29, 0.717) is 18.5 Å². The van der Waals surface area contributed by atoms with Crippen LogP contribution in [0.5, 0.6) is 0 Å². The third-order valence-corrected chi connectivity index (χ3v) is 2.62. The van der Waals surface area contributed by atoms with Gasteiger partial charge in [-0.2, -0.15) is 0 Å². The van der Waals surface area contributed by atoms with Gasteiger partial charge in [-0.05, 0) is 17.7 Å². The van der Waals surface area contributed by atoms with E-state index in [2.05, 4.69) is 26.6 Å². The van der Waals surface area contributed by atoms with Crippen molar-refractivity contribution in [2.24, 2.45) is 5.11 Å². The van der Waals surface area contributed by atoms with Crippen molar-refractivity contribution in [3.63, 3.8) is 0 Å². The summed E-state index contributed by atoms with van der Waals surface area (Å²) in [7, 11) is 1.29. The Morgan fingerprint density at radius 3 is 2.62 bits per heavy atom. The Balaban J connectivity index is 2.55. The van der Waals surface area contributed by atoms with Gasteiger partial charge in [0.15, 0.2) is 5.78 Å². The second-order valence-corrected chi connectivity index (χ2v) is 4.08. The fraction of sp³-hybridized carbons (Fsp3) is 0.333. The van der Waals surface area contributed by atoms with Gasteiger partial charge < -0.3 is 4.74 Å². The number of esters is 1. The minimum absolute atomic E-state index is 0.0797. The Morgan fingerprint density at radius 2 is 2.00 bits per heavy atom. The molecule has 0 fully saturated rings. The Kier molecular flexibility index (Phi) is 7.12. The largest absolute Gasteiger partial charge is 0.469 e. The standard InChI is InChI=1S/C15H15N3O3/c1-21-15(20)10-9-14(19)13-7-5-12(6-8-13)4-2-3-11-17-18-16/h5-8H,3,9-11H2,1H3. The van der Waals surface area contributed by atoms with Crippen LogP contribution in [0.3, 0.4) is 0 Å². The van der Waals surface area contributed by atoms with E-state index < -0.39 is 5.97 Å². The van der Waals surface area contributed by atoms with Crippen LogP contribution < -0.4 is 0 Å². The molecule has 0 atom stereocenters. The van der Waals surface area contributed by atoms with Crippen LogP contribution in [0, 0.1) is 11.8 Å². The van der Waals surface area contributed by atoms with Crippen molar-refractivity contribution in [1.82, 2.24) is 0 Å². The van der Waals surface area contributed by atoms with Crippen molar-refractivity contribution < 1.29 is 14.3 Å². The number of carbonyl (C=O) groups excluding carboxylic acids is 2. The summed E-state index contributed by atoms with van der Waals surface area (Å²) < 4.78 is 4.49. The number of rotatable bonds is 6. The van der Waals surface area contributed by atoms with Gasteiger partial charge >= 0.3 is 5.97 Å². The quantitative estimate of drug-likeness (QED) is 0.153. The average molecular weight is 285 g/mol. The van der Waals surface area contributed by atoms with Crippen LogP contribution in [0.25, 0.3) is 10.4 Å². The normalized spacial score (nSPS) is 9.00. The van der Waals surface area contributed by atoms with E-state index >= 15 is 0 Å². The first kappa shape index (κ1) is 16.3. The maximum Gasteiger partial charge on any atom is 0.305 e. The zero-order chi connectivity index (χ0) is 15.5. The number of ketones is 1. The molecule has 0 unspecified atom stereocenters. The second kappa shape index (κ2) is 9.18. The molecule has 108 valence electrons. The van der Waals surface area contributed by atoms with Gasteiger partial charge in [0.1, 0.15) is 0 Å². The lowest BCUT2D eigenvalue weighted by molar-refractivity contribution is -0.140. The van der Waals surface area contributed by atoms with E-state index in [1.54, 1.807) is 24.3 Å². The number of hydrogen-bond donors (Lipinski definition) is 0. The number of carbonyl (C=O) groups is 2.